The maximum atomic E-state index is 12.4. The van der Waals surface area contributed by atoms with E-state index in [0.717, 1.165) is 5.56 Å². The molecular weight excluding hydrogens is 392 g/mol. The van der Waals surface area contributed by atoms with E-state index in [9.17, 15) is 18.0 Å². The lowest BCUT2D eigenvalue weighted by Crippen LogP contribution is -2.39. The molecule has 29 heavy (non-hydrogen) atoms. The summed E-state index contributed by atoms with van der Waals surface area (Å²) in [7, 11) is -3.73. The van der Waals surface area contributed by atoms with Gasteiger partial charge in [0.05, 0.1) is 18.0 Å². The van der Waals surface area contributed by atoms with Crippen molar-refractivity contribution in [3.8, 4) is 0 Å². The van der Waals surface area contributed by atoms with Gasteiger partial charge in [0, 0.05) is 13.0 Å². The maximum absolute atomic E-state index is 12.4. The highest BCUT2D eigenvalue weighted by atomic mass is 32.2. The lowest BCUT2D eigenvalue weighted by Gasteiger charge is -2.26. The molecule has 0 aliphatic carbocycles. The summed E-state index contributed by atoms with van der Waals surface area (Å²) in [6.45, 7) is 12.0. The Morgan fingerprint density at radius 1 is 1.00 bits per heavy atom. The third-order valence-corrected chi connectivity index (χ3v) is 4.80. The molecule has 0 fully saturated rings. The van der Waals surface area contributed by atoms with Crippen LogP contribution in [0.25, 0.3) is 0 Å². The Kier molecular flexibility index (Phi) is 8.56. The first-order chi connectivity index (χ1) is 13.0. The van der Waals surface area contributed by atoms with Gasteiger partial charge in [-0.25, -0.2) is 13.6 Å². The van der Waals surface area contributed by atoms with Crippen molar-refractivity contribution in [2.45, 2.75) is 64.9 Å². The average Bonchev–Trinajstić information content (AvgIpc) is 2.48. The van der Waals surface area contributed by atoms with E-state index >= 15 is 0 Å². The molecule has 1 aromatic carbocycles. The summed E-state index contributed by atoms with van der Waals surface area (Å²) < 4.78 is 28.1. The van der Waals surface area contributed by atoms with Gasteiger partial charge in [0.2, 0.25) is 10.0 Å². The van der Waals surface area contributed by atoms with Crippen LogP contribution in [0.1, 0.15) is 53.5 Å². The predicted molar refractivity (Wildman–Crippen MR) is 113 cm³/mol. The van der Waals surface area contributed by atoms with E-state index in [2.05, 4.69) is 0 Å². The molecule has 2 N–H and O–H groups in total. The van der Waals surface area contributed by atoms with Crippen LogP contribution < -0.4 is 5.14 Å². The fourth-order valence-corrected chi connectivity index (χ4v) is 3.32. The second kappa shape index (κ2) is 9.82. The van der Waals surface area contributed by atoms with E-state index in [-0.39, 0.29) is 35.2 Å². The summed E-state index contributed by atoms with van der Waals surface area (Å²) in [5, 5.41) is 5.11. The molecular formula is C21H34N2O5S. The Labute approximate surface area is 174 Å². The largest absolute Gasteiger partial charge is 0.459 e. The molecule has 0 spiro atoms. The number of benzene rings is 1. The van der Waals surface area contributed by atoms with Crippen LogP contribution in [0.4, 0.5) is 0 Å². The molecule has 0 atom stereocenters. The number of primary sulfonamides is 1. The van der Waals surface area contributed by atoms with Crippen LogP contribution in [0.2, 0.25) is 0 Å². The van der Waals surface area contributed by atoms with Crippen molar-refractivity contribution < 1.29 is 22.7 Å². The van der Waals surface area contributed by atoms with Gasteiger partial charge < -0.3 is 4.74 Å². The second-order valence-electron chi connectivity index (χ2n) is 9.51. The van der Waals surface area contributed by atoms with Gasteiger partial charge in [0.25, 0.3) is 0 Å². The fourth-order valence-electron chi connectivity index (χ4n) is 2.80. The first kappa shape index (κ1) is 25.3. The highest BCUT2D eigenvalue weighted by Crippen LogP contribution is 2.19. The van der Waals surface area contributed by atoms with Crippen LogP contribution in [0.15, 0.2) is 29.2 Å². The molecule has 164 valence electrons. The van der Waals surface area contributed by atoms with Gasteiger partial charge in [-0.3, -0.25) is 14.5 Å². The van der Waals surface area contributed by atoms with Crippen molar-refractivity contribution >= 4 is 21.8 Å². The van der Waals surface area contributed by atoms with Gasteiger partial charge >= 0.3 is 5.97 Å². The molecule has 0 saturated carbocycles. The minimum absolute atomic E-state index is 0.0163. The molecule has 0 saturated heterocycles. The number of carbonyl (C=O) groups excluding carboxylic acids is 2. The number of sulfonamides is 1. The highest BCUT2D eigenvalue weighted by molar-refractivity contribution is 7.89. The Balaban J connectivity index is 2.81. The summed E-state index contributed by atoms with van der Waals surface area (Å²) in [5.74, 6) is -0.323. The van der Waals surface area contributed by atoms with Gasteiger partial charge in [0.15, 0.2) is 0 Å². The Morgan fingerprint density at radius 3 is 2.00 bits per heavy atom. The summed E-state index contributed by atoms with van der Waals surface area (Å²) >= 11 is 0. The number of carbonyl (C=O) groups is 2. The first-order valence-corrected chi connectivity index (χ1v) is 11.2. The molecule has 0 heterocycles. The number of ether oxygens (including phenoxy) is 1. The van der Waals surface area contributed by atoms with Gasteiger partial charge in [-0.1, -0.05) is 32.9 Å². The molecule has 0 radical (unpaired) electrons. The van der Waals surface area contributed by atoms with E-state index < -0.39 is 15.6 Å². The molecule has 8 heteroatoms. The summed E-state index contributed by atoms with van der Waals surface area (Å²) in [4.78, 5) is 26.5. The molecule has 7 nitrogen and oxygen atoms in total. The van der Waals surface area contributed by atoms with Crippen LogP contribution in [0, 0.1) is 5.41 Å². The SMILES string of the molecule is CC(C)(C)CC(=O)CN(CCc1ccc(S(N)(=O)=O)cc1)CC(=O)OC(C)(C)C. The van der Waals surface area contributed by atoms with Crippen molar-refractivity contribution in [3.63, 3.8) is 0 Å². The normalized spacial score (nSPS) is 12.8. The van der Waals surface area contributed by atoms with Crippen LogP contribution in [0.3, 0.4) is 0 Å². The molecule has 0 unspecified atom stereocenters. The van der Waals surface area contributed by atoms with Gasteiger partial charge in [-0.15, -0.1) is 0 Å². The zero-order chi connectivity index (χ0) is 22.5. The Morgan fingerprint density at radius 2 is 1.55 bits per heavy atom. The number of hydrogen-bond donors (Lipinski definition) is 1. The first-order valence-electron chi connectivity index (χ1n) is 9.63. The number of ketones is 1. The lowest BCUT2D eigenvalue weighted by atomic mass is 9.90. The van der Waals surface area contributed by atoms with Gasteiger partial charge in [-0.2, -0.15) is 0 Å². The number of nitrogens with zero attached hydrogens (tertiary/aromatic N) is 1. The number of rotatable bonds is 9. The summed E-state index contributed by atoms with van der Waals surface area (Å²) in [6.07, 6.45) is 0.970. The summed E-state index contributed by atoms with van der Waals surface area (Å²) in [6, 6.07) is 6.27. The topological polar surface area (TPSA) is 107 Å². The van der Waals surface area contributed by atoms with Gasteiger partial charge in [0.1, 0.15) is 11.4 Å². The van der Waals surface area contributed by atoms with Gasteiger partial charge in [-0.05, 0) is 50.3 Å². The van der Waals surface area contributed by atoms with E-state index in [1.54, 1.807) is 37.8 Å². The minimum Gasteiger partial charge on any atom is -0.459 e. The standard InChI is InChI=1S/C21H34N2O5S/c1-20(2,3)13-17(24)14-23(15-19(25)28-21(4,5)6)12-11-16-7-9-18(10-8-16)29(22,26)27/h7-10H,11-15H2,1-6H3,(H2,22,26,27). The van der Waals surface area contributed by atoms with Crippen LogP contribution in [-0.2, 0) is 30.8 Å². The minimum atomic E-state index is -3.73. The van der Waals surface area contributed by atoms with Crippen LogP contribution in [0.5, 0.6) is 0 Å². The summed E-state index contributed by atoms with van der Waals surface area (Å²) in [5.41, 5.74) is 0.162. The molecule has 0 aromatic heterocycles. The van der Waals surface area contributed by atoms with Crippen molar-refractivity contribution in [3.05, 3.63) is 29.8 Å². The molecule has 1 aromatic rings. The van der Waals surface area contributed by atoms with Crippen LogP contribution in [-0.4, -0.2) is 50.3 Å². The molecule has 0 bridgehead atoms. The van der Waals surface area contributed by atoms with Crippen LogP contribution >= 0.6 is 0 Å². The Bertz CT molecular complexity index is 773. The zero-order valence-electron chi connectivity index (χ0n) is 18.3. The highest BCUT2D eigenvalue weighted by Gasteiger charge is 2.22. The molecule has 0 amide bonds. The number of nitrogens with two attached hydrogens (primary N) is 1. The van der Waals surface area contributed by atoms with Crippen molar-refractivity contribution in [2.75, 3.05) is 19.6 Å². The van der Waals surface area contributed by atoms with E-state index in [1.165, 1.54) is 12.1 Å². The third-order valence-electron chi connectivity index (χ3n) is 3.87. The van der Waals surface area contributed by atoms with E-state index in [0.29, 0.717) is 19.4 Å². The van der Waals surface area contributed by atoms with E-state index in [1.807, 2.05) is 20.8 Å². The predicted octanol–water partition coefficient (Wildman–Crippen LogP) is 2.53. The number of Topliss-reactive ketones (excluding diaryl/α,β-unsaturated/α-hetero) is 1. The van der Waals surface area contributed by atoms with Crippen molar-refractivity contribution in [1.29, 1.82) is 0 Å². The maximum Gasteiger partial charge on any atom is 0.320 e. The smallest absolute Gasteiger partial charge is 0.320 e. The third kappa shape index (κ3) is 11.1. The second-order valence-corrected chi connectivity index (χ2v) is 11.1. The lowest BCUT2D eigenvalue weighted by molar-refractivity contribution is -0.156. The molecule has 0 aliphatic rings. The molecule has 0 aliphatic heterocycles. The average molecular weight is 427 g/mol. The quantitative estimate of drug-likeness (QED) is 0.608. The fraction of sp³-hybridized carbons (Fsp3) is 0.619. The molecule has 1 rings (SSSR count). The number of hydrogen-bond acceptors (Lipinski definition) is 6. The Hall–Kier alpha value is -1.77. The number of esters is 1. The zero-order valence-corrected chi connectivity index (χ0v) is 19.1. The van der Waals surface area contributed by atoms with Crippen molar-refractivity contribution in [2.24, 2.45) is 10.6 Å². The van der Waals surface area contributed by atoms with E-state index in [4.69, 9.17) is 9.88 Å². The van der Waals surface area contributed by atoms with Crippen molar-refractivity contribution in [1.82, 2.24) is 4.90 Å². The monoisotopic (exact) mass is 426 g/mol.